The van der Waals surface area contributed by atoms with Crippen LogP contribution in [0, 0.1) is 5.92 Å². The number of rotatable bonds is 7. The minimum Gasteiger partial charge on any atom is -0.343 e. The zero-order chi connectivity index (χ0) is 11.0. The van der Waals surface area contributed by atoms with E-state index in [0.717, 1.165) is 26.1 Å². The summed E-state index contributed by atoms with van der Waals surface area (Å²) in [5.74, 6) is 0.847. The van der Waals surface area contributed by atoms with Gasteiger partial charge in [-0.05, 0) is 32.9 Å². The van der Waals surface area contributed by atoms with Crippen molar-refractivity contribution >= 4 is 5.91 Å². The SMILES string of the molecule is CCN(CC(C)C)C(=O)CCCNC. The molecule has 0 saturated heterocycles. The van der Waals surface area contributed by atoms with Crippen molar-refractivity contribution in [1.29, 1.82) is 0 Å². The van der Waals surface area contributed by atoms with Gasteiger partial charge in [0.15, 0.2) is 0 Å². The number of nitrogens with one attached hydrogen (secondary N) is 1. The Morgan fingerprint density at radius 3 is 2.50 bits per heavy atom. The van der Waals surface area contributed by atoms with Crippen LogP contribution in [0.3, 0.4) is 0 Å². The lowest BCUT2D eigenvalue weighted by atomic mass is 10.2. The number of carbonyl (C=O) groups excluding carboxylic acids is 1. The van der Waals surface area contributed by atoms with E-state index in [4.69, 9.17) is 0 Å². The molecule has 0 aliphatic heterocycles. The van der Waals surface area contributed by atoms with Gasteiger partial charge in [-0.25, -0.2) is 0 Å². The molecule has 3 heteroatoms. The fourth-order valence-electron chi connectivity index (χ4n) is 1.42. The Bertz CT molecular complexity index is 157. The van der Waals surface area contributed by atoms with Gasteiger partial charge < -0.3 is 10.2 Å². The monoisotopic (exact) mass is 200 g/mol. The molecule has 0 atom stereocenters. The molecule has 0 aromatic carbocycles. The summed E-state index contributed by atoms with van der Waals surface area (Å²) in [6, 6.07) is 0. The molecule has 0 spiro atoms. The fraction of sp³-hybridized carbons (Fsp3) is 0.909. The largest absolute Gasteiger partial charge is 0.343 e. The molecule has 0 rings (SSSR count). The zero-order valence-electron chi connectivity index (χ0n) is 9.97. The van der Waals surface area contributed by atoms with Crippen molar-refractivity contribution in [2.45, 2.75) is 33.6 Å². The molecule has 0 aliphatic rings. The van der Waals surface area contributed by atoms with Crippen LogP contribution in [0.25, 0.3) is 0 Å². The quantitative estimate of drug-likeness (QED) is 0.632. The van der Waals surface area contributed by atoms with Gasteiger partial charge in [-0.3, -0.25) is 4.79 Å². The number of amides is 1. The normalized spacial score (nSPS) is 10.6. The lowest BCUT2D eigenvalue weighted by molar-refractivity contribution is -0.131. The van der Waals surface area contributed by atoms with Gasteiger partial charge >= 0.3 is 0 Å². The van der Waals surface area contributed by atoms with Crippen LogP contribution in [0.2, 0.25) is 0 Å². The predicted molar refractivity (Wildman–Crippen MR) is 60.3 cm³/mol. The molecule has 0 unspecified atom stereocenters. The fourth-order valence-corrected chi connectivity index (χ4v) is 1.42. The Hall–Kier alpha value is -0.570. The predicted octanol–water partition coefficient (Wildman–Crippen LogP) is 1.49. The van der Waals surface area contributed by atoms with E-state index >= 15 is 0 Å². The summed E-state index contributed by atoms with van der Waals surface area (Å²) in [7, 11) is 1.91. The van der Waals surface area contributed by atoms with Crippen LogP contribution in [-0.2, 0) is 4.79 Å². The van der Waals surface area contributed by atoms with Crippen molar-refractivity contribution in [3.8, 4) is 0 Å². The number of nitrogens with zero attached hydrogens (tertiary/aromatic N) is 1. The molecule has 3 nitrogen and oxygen atoms in total. The molecule has 0 aliphatic carbocycles. The lowest BCUT2D eigenvalue weighted by Crippen LogP contribution is -2.34. The third-order valence-electron chi connectivity index (χ3n) is 2.14. The Morgan fingerprint density at radius 2 is 2.07 bits per heavy atom. The van der Waals surface area contributed by atoms with Gasteiger partial charge in [0.05, 0.1) is 0 Å². The van der Waals surface area contributed by atoms with Crippen molar-refractivity contribution in [2.24, 2.45) is 5.92 Å². The van der Waals surface area contributed by atoms with Gasteiger partial charge in [-0.15, -0.1) is 0 Å². The van der Waals surface area contributed by atoms with Crippen molar-refractivity contribution in [3.05, 3.63) is 0 Å². The summed E-state index contributed by atoms with van der Waals surface area (Å²) in [6.07, 6.45) is 1.60. The first-order valence-corrected chi connectivity index (χ1v) is 5.54. The maximum absolute atomic E-state index is 11.7. The summed E-state index contributed by atoms with van der Waals surface area (Å²) < 4.78 is 0. The Labute approximate surface area is 87.9 Å². The summed E-state index contributed by atoms with van der Waals surface area (Å²) in [6.45, 7) is 8.96. The topological polar surface area (TPSA) is 32.3 Å². The summed E-state index contributed by atoms with van der Waals surface area (Å²) in [4.78, 5) is 13.6. The minimum atomic E-state index is 0.288. The molecule has 0 aromatic heterocycles. The second-order valence-electron chi connectivity index (χ2n) is 4.03. The molecule has 14 heavy (non-hydrogen) atoms. The highest BCUT2D eigenvalue weighted by molar-refractivity contribution is 5.76. The third-order valence-corrected chi connectivity index (χ3v) is 2.14. The highest BCUT2D eigenvalue weighted by Crippen LogP contribution is 2.02. The van der Waals surface area contributed by atoms with Crippen LogP contribution >= 0.6 is 0 Å². The van der Waals surface area contributed by atoms with Crippen LogP contribution in [-0.4, -0.2) is 37.5 Å². The van der Waals surface area contributed by atoms with Gasteiger partial charge in [0, 0.05) is 19.5 Å². The Kier molecular flexibility index (Phi) is 7.48. The van der Waals surface area contributed by atoms with Gasteiger partial charge in [-0.2, -0.15) is 0 Å². The first kappa shape index (κ1) is 13.4. The van der Waals surface area contributed by atoms with Crippen LogP contribution < -0.4 is 5.32 Å². The molecule has 0 fully saturated rings. The summed E-state index contributed by atoms with van der Waals surface area (Å²) in [5, 5.41) is 3.05. The highest BCUT2D eigenvalue weighted by Gasteiger charge is 2.11. The maximum Gasteiger partial charge on any atom is 0.222 e. The number of carbonyl (C=O) groups is 1. The van der Waals surface area contributed by atoms with E-state index in [1.807, 2.05) is 18.9 Å². The average Bonchev–Trinajstić information content (AvgIpc) is 2.14. The molecule has 0 radical (unpaired) electrons. The highest BCUT2D eigenvalue weighted by atomic mass is 16.2. The Balaban J connectivity index is 3.79. The van der Waals surface area contributed by atoms with Crippen molar-refractivity contribution in [2.75, 3.05) is 26.7 Å². The third kappa shape index (κ3) is 5.97. The van der Waals surface area contributed by atoms with Crippen LogP contribution in [0.5, 0.6) is 0 Å². The van der Waals surface area contributed by atoms with E-state index in [2.05, 4.69) is 19.2 Å². The van der Waals surface area contributed by atoms with Crippen molar-refractivity contribution < 1.29 is 4.79 Å². The minimum absolute atomic E-state index is 0.288. The lowest BCUT2D eigenvalue weighted by Gasteiger charge is -2.22. The molecule has 0 aromatic rings. The van der Waals surface area contributed by atoms with Gasteiger partial charge in [0.2, 0.25) is 5.91 Å². The molecule has 1 N–H and O–H groups in total. The zero-order valence-corrected chi connectivity index (χ0v) is 9.97. The maximum atomic E-state index is 11.7. The number of hydrogen-bond acceptors (Lipinski definition) is 2. The van der Waals surface area contributed by atoms with Crippen LogP contribution in [0.4, 0.5) is 0 Å². The van der Waals surface area contributed by atoms with E-state index in [-0.39, 0.29) is 5.91 Å². The average molecular weight is 200 g/mol. The van der Waals surface area contributed by atoms with Gasteiger partial charge in [0.25, 0.3) is 0 Å². The van der Waals surface area contributed by atoms with Crippen molar-refractivity contribution in [3.63, 3.8) is 0 Å². The van der Waals surface area contributed by atoms with Crippen molar-refractivity contribution in [1.82, 2.24) is 10.2 Å². The molecule has 0 bridgehead atoms. The molecular weight excluding hydrogens is 176 g/mol. The standard InChI is InChI=1S/C11H24N2O/c1-5-13(9-10(2)3)11(14)7-6-8-12-4/h10,12H,5-9H2,1-4H3. The molecular formula is C11H24N2O. The first-order chi connectivity index (χ1) is 6.61. The number of hydrogen-bond donors (Lipinski definition) is 1. The second kappa shape index (κ2) is 7.80. The van der Waals surface area contributed by atoms with E-state index in [0.29, 0.717) is 12.3 Å². The van der Waals surface area contributed by atoms with E-state index in [1.165, 1.54) is 0 Å². The Morgan fingerprint density at radius 1 is 1.43 bits per heavy atom. The van der Waals surface area contributed by atoms with Gasteiger partial charge in [-0.1, -0.05) is 13.8 Å². The summed E-state index contributed by atoms with van der Waals surface area (Å²) >= 11 is 0. The first-order valence-electron chi connectivity index (χ1n) is 5.54. The van der Waals surface area contributed by atoms with E-state index in [9.17, 15) is 4.79 Å². The molecule has 84 valence electrons. The van der Waals surface area contributed by atoms with Crippen LogP contribution in [0.15, 0.2) is 0 Å². The molecule has 1 amide bonds. The molecule has 0 heterocycles. The van der Waals surface area contributed by atoms with Gasteiger partial charge in [0.1, 0.15) is 0 Å². The smallest absolute Gasteiger partial charge is 0.222 e. The van der Waals surface area contributed by atoms with Crippen LogP contribution in [0.1, 0.15) is 33.6 Å². The van der Waals surface area contributed by atoms with E-state index < -0.39 is 0 Å². The summed E-state index contributed by atoms with van der Waals surface area (Å²) in [5.41, 5.74) is 0. The second-order valence-corrected chi connectivity index (χ2v) is 4.03. The van der Waals surface area contributed by atoms with E-state index in [1.54, 1.807) is 0 Å². The molecule has 0 saturated carbocycles.